The SMILES string of the molecule is Fc1cccc(Cl)c1CC(N=C1NCCN1)c1cccc(Cl)c1Cl. The molecule has 1 saturated heterocycles. The number of hydrogen-bond acceptors (Lipinski definition) is 1. The van der Waals surface area contributed by atoms with Gasteiger partial charge < -0.3 is 10.6 Å². The Morgan fingerprint density at radius 3 is 2.38 bits per heavy atom. The molecule has 2 aromatic carbocycles. The second-order valence-electron chi connectivity index (χ2n) is 5.39. The van der Waals surface area contributed by atoms with E-state index in [1.54, 1.807) is 24.3 Å². The van der Waals surface area contributed by atoms with Crippen LogP contribution >= 0.6 is 34.8 Å². The Labute approximate surface area is 154 Å². The molecule has 2 N–H and O–H groups in total. The first-order valence-corrected chi connectivity index (χ1v) is 8.62. The summed E-state index contributed by atoms with van der Waals surface area (Å²) in [6, 6.07) is 9.56. The minimum atomic E-state index is -0.418. The summed E-state index contributed by atoms with van der Waals surface area (Å²) >= 11 is 18.6. The maximum Gasteiger partial charge on any atom is 0.192 e. The second kappa shape index (κ2) is 7.60. The zero-order valence-corrected chi connectivity index (χ0v) is 14.9. The van der Waals surface area contributed by atoms with E-state index in [2.05, 4.69) is 15.6 Å². The van der Waals surface area contributed by atoms with Gasteiger partial charge in [0.25, 0.3) is 0 Å². The molecule has 0 spiro atoms. The van der Waals surface area contributed by atoms with Gasteiger partial charge in [0.05, 0.1) is 16.1 Å². The first-order chi connectivity index (χ1) is 11.6. The molecule has 1 aliphatic rings. The lowest BCUT2D eigenvalue weighted by Gasteiger charge is -2.17. The molecule has 7 heteroatoms. The Morgan fingerprint density at radius 2 is 1.67 bits per heavy atom. The minimum absolute atomic E-state index is 0.276. The summed E-state index contributed by atoms with van der Waals surface area (Å²) in [7, 11) is 0. The van der Waals surface area contributed by atoms with Gasteiger partial charge in [0, 0.05) is 30.1 Å². The van der Waals surface area contributed by atoms with Gasteiger partial charge in [0.1, 0.15) is 5.82 Å². The number of benzene rings is 2. The van der Waals surface area contributed by atoms with Crippen LogP contribution in [0.1, 0.15) is 17.2 Å². The molecular weight excluding hydrogens is 372 g/mol. The van der Waals surface area contributed by atoms with Crippen LogP contribution in [0.3, 0.4) is 0 Å². The molecular formula is C17H15Cl3FN3. The third kappa shape index (κ3) is 3.77. The molecule has 1 atom stereocenters. The number of rotatable bonds is 4. The van der Waals surface area contributed by atoms with Crippen LogP contribution in [0.25, 0.3) is 0 Å². The quantitative estimate of drug-likeness (QED) is 0.804. The van der Waals surface area contributed by atoms with Crippen molar-refractivity contribution in [3.05, 3.63) is 68.4 Å². The highest BCUT2D eigenvalue weighted by atomic mass is 35.5. The normalized spacial score (nSPS) is 14.9. The summed E-state index contributed by atoms with van der Waals surface area (Å²) < 4.78 is 14.2. The summed E-state index contributed by atoms with van der Waals surface area (Å²) in [5.41, 5.74) is 1.13. The smallest absolute Gasteiger partial charge is 0.192 e. The van der Waals surface area contributed by atoms with Gasteiger partial charge in [0.15, 0.2) is 5.96 Å². The molecule has 24 heavy (non-hydrogen) atoms. The van der Waals surface area contributed by atoms with Crippen molar-refractivity contribution in [3.63, 3.8) is 0 Å². The van der Waals surface area contributed by atoms with Crippen molar-refractivity contribution < 1.29 is 4.39 Å². The van der Waals surface area contributed by atoms with Gasteiger partial charge in [-0.15, -0.1) is 0 Å². The Bertz CT molecular complexity index is 751. The lowest BCUT2D eigenvalue weighted by Crippen LogP contribution is -2.25. The average Bonchev–Trinajstić information content (AvgIpc) is 3.06. The highest BCUT2D eigenvalue weighted by Crippen LogP contribution is 2.35. The predicted octanol–water partition coefficient (Wildman–Crippen LogP) is 4.62. The Balaban J connectivity index is 2.02. The topological polar surface area (TPSA) is 36.4 Å². The van der Waals surface area contributed by atoms with E-state index >= 15 is 0 Å². The lowest BCUT2D eigenvalue weighted by atomic mass is 9.99. The van der Waals surface area contributed by atoms with Crippen LogP contribution in [-0.2, 0) is 6.42 Å². The van der Waals surface area contributed by atoms with Crippen molar-refractivity contribution in [2.75, 3.05) is 13.1 Å². The van der Waals surface area contributed by atoms with Crippen LogP contribution in [0, 0.1) is 5.82 Å². The summed E-state index contributed by atoms with van der Waals surface area (Å²) in [6.45, 7) is 1.57. The molecule has 2 aromatic rings. The Hall–Kier alpha value is -1.49. The molecule has 126 valence electrons. The number of aliphatic imine (C=N–C) groups is 1. The van der Waals surface area contributed by atoms with E-state index in [0.29, 0.717) is 26.6 Å². The van der Waals surface area contributed by atoms with Gasteiger partial charge in [-0.2, -0.15) is 0 Å². The van der Waals surface area contributed by atoms with Crippen molar-refractivity contribution in [2.24, 2.45) is 4.99 Å². The van der Waals surface area contributed by atoms with Gasteiger partial charge in [-0.05, 0) is 23.8 Å². The lowest BCUT2D eigenvalue weighted by molar-refractivity contribution is 0.593. The van der Waals surface area contributed by atoms with Crippen molar-refractivity contribution in [1.29, 1.82) is 0 Å². The minimum Gasteiger partial charge on any atom is -0.355 e. The molecule has 3 nitrogen and oxygen atoms in total. The fourth-order valence-electron chi connectivity index (χ4n) is 2.60. The molecule has 0 aromatic heterocycles. The van der Waals surface area contributed by atoms with E-state index in [9.17, 15) is 4.39 Å². The highest BCUT2D eigenvalue weighted by Gasteiger charge is 2.21. The number of guanidine groups is 1. The molecule has 0 saturated carbocycles. The van der Waals surface area contributed by atoms with Crippen molar-refractivity contribution in [3.8, 4) is 0 Å². The highest BCUT2D eigenvalue weighted by molar-refractivity contribution is 6.42. The molecule has 0 aliphatic carbocycles. The van der Waals surface area contributed by atoms with Gasteiger partial charge in [-0.1, -0.05) is 53.0 Å². The molecule has 0 amide bonds. The Morgan fingerprint density at radius 1 is 1.00 bits per heavy atom. The van der Waals surface area contributed by atoms with E-state index in [-0.39, 0.29) is 12.2 Å². The molecule has 1 aliphatic heterocycles. The zero-order chi connectivity index (χ0) is 17.1. The fourth-order valence-corrected chi connectivity index (χ4v) is 3.27. The van der Waals surface area contributed by atoms with Crippen molar-refractivity contribution in [1.82, 2.24) is 10.6 Å². The first-order valence-electron chi connectivity index (χ1n) is 7.48. The molecule has 3 rings (SSSR count). The molecule has 0 bridgehead atoms. The summed E-state index contributed by atoms with van der Waals surface area (Å²) in [5, 5.41) is 7.50. The van der Waals surface area contributed by atoms with Gasteiger partial charge in [-0.3, -0.25) is 0 Å². The fraction of sp³-hybridized carbons (Fsp3) is 0.235. The summed E-state index contributed by atoms with van der Waals surface area (Å²) in [5.74, 6) is 0.293. The number of hydrogen-bond donors (Lipinski definition) is 2. The van der Waals surface area contributed by atoms with Gasteiger partial charge in [0.2, 0.25) is 0 Å². The van der Waals surface area contributed by atoms with Crippen molar-refractivity contribution >= 4 is 40.8 Å². The molecule has 0 radical (unpaired) electrons. The zero-order valence-electron chi connectivity index (χ0n) is 12.6. The molecule has 1 heterocycles. The summed E-state index contributed by atoms with van der Waals surface area (Å²) in [4.78, 5) is 4.65. The van der Waals surface area contributed by atoms with Gasteiger partial charge >= 0.3 is 0 Å². The first kappa shape index (κ1) is 17.3. The number of nitrogens with zero attached hydrogens (tertiary/aromatic N) is 1. The standard InChI is InChI=1S/C17H15Cl3FN3/c18-12-4-2-6-14(21)11(12)9-15(24-17-22-7-8-23-17)10-3-1-5-13(19)16(10)20/h1-6,15H,7-9H2,(H2,22,23,24). The number of halogens is 4. The van der Waals surface area contributed by atoms with Gasteiger partial charge in [-0.25, -0.2) is 9.38 Å². The maximum absolute atomic E-state index is 14.2. The van der Waals surface area contributed by atoms with E-state index in [1.165, 1.54) is 6.07 Å². The maximum atomic E-state index is 14.2. The largest absolute Gasteiger partial charge is 0.355 e. The van der Waals surface area contributed by atoms with E-state index in [1.807, 2.05) is 6.07 Å². The predicted molar refractivity (Wildman–Crippen MR) is 97.8 cm³/mol. The molecule has 1 unspecified atom stereocenters. The monoisotopic (exact) mass is 385 g/mol. The van der Waals surface area contributed by atoms with Crippen LogP contribution in [0.15, 0.2) is 41.4 Å². The summed E-state index contributed by atoms with van der Waals surface area (Å²) in [6.07, 6.45) is 0.276. The van der Waals surface area contributed by atoms with Crippen LogP contribution in [-0.4, -0.2) is 19.0 Å². The Kier molecular flexibility index (Phi) is 5.49. The van der Waals surface area contributed by atoms with Crippen LogP contribution in [0.4, 0.5) is 4.39 Å². The van der Waals surface area contributed by atoms with Crippen LogP contribution in [0.2, 0.25) is 15.1 Å². The van der Waals surface area contributed by atoms with Crippen LogP contribution < -0.4 is 10.6 Å². The second-order valence-corrected chi connectivity index (χ2v) is 6.59. The van der Waals surface area contributed by atoms with E-state index < -0.39 is 6.04 Å². The third-order valence-electron chi connectivity index (χ3n) is 3.79. The molecule has 1 fully saturated rings. The van der Waals surface area contributed by atoms with E-state index in [4.69, 9.17) is 34.8 Å². The van der Waals surface area contributed by atoms with E-state index in [0.717, 1.165) is 18.7 Å². The van der Waals surface area contributed by atoms with Crippen LogP contribution in [0.5, 0.6) is 0 Å². The van der Waals surface area contributed by atoms with Crippen molar-refractivity contribution in [2.45, 2.75) is 12.5 Å². The average molecular weight is 387 g/mol. The third-order valence-corrected chi connectivity index (χ3v) is 4.98. The number of nitrogens with one attached hydrogen (secondary N) is 2.